The molecule has 7 N–H and O–H groups in total. The number of hydrogen-bond donors (Lipinski definition) is 7. The fourth-order valence-electron chi connectivity index (χ4n) is 3.55. The van der Waals surface area contributed by atoms with Gasteiger partial charge in [-0.25, -0.2) is 0 Å². The molecule has 1 aliphatic heterocycles. The van der Waals surface area contributed by atoms with Crippen LogP contribution < -0.4 is 10.1 Å². The molecule has 1 heterocycles. The van der Waals surface area contributed by atoms with E-state index in [4.69, 9.17) is 4.74 Å². The van der Waals surface area contributed by atoms with Crippen molar-refractivity contribution in [2.75, 3.05) is 0 Å². The number of hydrogen-bond acceptors (Lipinski definition) is 8. The highest BCUT2D eigenvalue weighted by molar-refractivity contribution is 5.94. The molecule has 160 valence electrons. The Bertz CT molecular complexity index is 1140. The van der Waals surface area contributed by atoms with Gasteiger partial charge in [0.25, 0.3) is 5.91 Å². The van der Waals surface area contributed by atoms with E-state index >= 15 is 0 Å². The molecular weight excluding hydrogens is 406 g/mol. The Hall–Kier alpha value is -4.27. The van der Waals surface area contributed by atoms with Gasteiger partial charge in [0, 0.05) is 35.2 Å². The van der Waals surface area contributed by atoms with Gasteiger partial charge in [0.05, 0.1) is 6.04 Å². The molecule has 9 heteroatoms. The van der Waals surface area contributed by atoms with Gasteiger partial charge >= 0.3 is 0 Å². The Balaban J connectivity index is 1.73. The Morgan fingerprint density at radius 2 is 1.48 bits per heavy atom. The van der Waals surface area contributed by atoms with Crippen LogP contribution in [-0.4, -0.2) is 42.6 Å². The molecule has 2 atom stereocenters. The normalized spacial score (nSPS) is 17.4. The molecule has 0 saturated heterocycles. The molecule has 0 unspecified atom stereocenters. The van der Waals surface area contributed by atoms with Crippen molar-refractivity contribution in [3.63, 3.8) is 0 Å². The van der Waals surface area contributed by atoms with Gasteiger partial charge in [0.2, 0.25) is 0 Å². The minimum Gasteiger partial charge on any atom is -0.508 e. The van der Waals surface area contributed by atoms with E-state index in [0.717, 1.165) is 6.07 Å². The van der Waals surface area contributed by atoms with Gasteiger partial charge in [-0.2, -0.15) is 0 Å². The summed E-state index contributed by atoms with van der Waals surface area (Å²) in [6.45, 7) is 0. The monoisotopic (exact) mass is 425 g/mol. The Morgan fingerprint density at radius 3 is 2.13 bits per heavy atom. The quantitative estimate of drug-likeness (QED) is 0.315. The fraction of sp³-hybridized carbons (Fsp3) is 0.136. The van der Waals surface area contributed by atoms with Gasteiger partial charge in [0.15, 0.2) is 17.2 Å². The average Bonchev–Trinajstić information content (AvgIpc) is 2.72. The predicted molar refractivity (Wildman–Crippen MR) is 108 cm³/mol. The van der Waals surface area contributed by atoms with Crippen LogP contribution in [0.5, 0.6) is 40.2 Å². The van der Waals surface area contributed by atoms with Crippen LogP contribution in [0.1, 0.15) is 27.6 Å². The maximum absolute atomic E-state index is 12.8. The molecular formula is C22H19NO8. The maximum atomic E-state index is 12.8. The summed E-state index contributed by atoms with van der Waals surface area (Å²) in [7, 11) is 0. The highest BCUT2D eigenvalue weighted by atomic mass is 16.5. The minimum absolute atomic E-state index is 0.00382. The standard InChI is InChI=1S/C22H19NO8/c24-12-3-1-10(2-4-12)22(30)23-15-9-14-16(26)7-13(25)8-19(14)31-21(15)11-5-17(27)20(29)18(28)6-11/h1-8,15,21,24-29H,9H2,(H,23,30)/t15-,21+/m0/s1. The number of carbonyl (C=O) groups excluding carboxylic acids is 1. The average molecular weight is 425 g/mol. The summed E-state index contributed by atoms with van der Waals surface area (Å²) < 4.78 is 5.92. The topological polar surface area (TPSA) is 160 Å². The molecule has 0 saturated carbocycles. The number of fused-ring (bicyclic) bond motifs is 1. The van der Waals surface area contributed by atoms with Crippen LogP contribution in [0.25, 0.3) is 0 Å². The van der Waals surface area contributed by atoms with Crippen molar-refractivity contribution in [1.29, 1.82) is 0 Å². The lowest BCUT2D eigenvalue weighted by molar-refractivity contribution is 0.0836. The van der Waals surface area contributed by atoms with Gasteiger partial charge in [-0.05, 0) is 36.4 Å². The van der Waals surface area contributed by atoms with Crippen LogP contribution in [0.4, 0.5) is 0 Å². The number of carbonyl (C=O) groups is 1. The molecule has 0 fully saturated rings. The minimum atomic E-state index is -0.938. The number of phenolic OH excluding ortho intramolecular Hbond substituents is 6. The van der Waals surface area contributed by atoms with E-state index in [1.807, 2.05) is 0 Å². The third-order valence-corrected chi connectivity index (χ3v) is 5.08. The summed E-state index contributed by atoms with van der Waals surface area (Å²) in [5.41, 5.74) is 0.878. The van der Waals surface area contributed by atoms with E-state index in [1.54, 1.807) is 0 Å². The molecule has 1 aliphatic rings. The molecule has 0 bridgehead atoms. The molecule has 31 heavy (non-hydrogen) atoms. The molecule has 0 radical (unpaired) electrons. The highest BCUT2D eigenvalue weighted by Crippen LogP contribution is 2.44. The Morgan fingerprint density at radius 1 is 0.839 bits per heavy atom. The van der Waals surface area contributed by atoms with Gasteiger partial charge in [-0.15, -0.1) is 0 Å². The molecule has 0 aliphatic carbocycles. The third kappa shape index (κ3) is 3.80. The van der Waals surface area contributed by atoms with E-state index in [1.165, 1.54) is 42.5 Å². The van der Waals surface area contributed by atoms with Crippen LogP contribution in [0, 0.1) is 0 Å². The van der Waals surface area contributed by atoms with Crippen molar-refractivity contribution in [2.45, 2.75) is 18.6 Å². The summed E-state index contributed by atoms with van der Waals surface area (Å²) in [5.74, 6) is -2.59. The van der Waals surface area contributed by atoms with Crippen molar-refractivity contribution in [3.8, 4) is 40.2 Å². The second-order valence-corrected chi connectivity index (χ2v) is 7.22. The lowest BCUT2D eigenvalue weighted by atomic mass is 9.91. The van der Waals surface area contributed by atoms with Crippen molar-refractivity contribution in [1.82, 2.24) is 5.32 Å². The smallest absolute Gasteiger partial charge is 0.251 e. The van der Waals surface area contributed by atoms with Gasteiger partial charge in [-0.1, -0.05) is 0 Å². The Labute approximate surface area is 176 Å². The zero-order valence-electron chi connectivity index (χ0n) is 16.0. The Kier molecular flexibility index (Phi) is 4.86. The molecule has 0 aromatic heterocycles. The fourth-order valence-corrected chi connectivity index (χ4v) is 3.55. The molecule has 1 amide bonds. The number of ether oxygens (including phenoxy) is 1. The number of aromatic hydroxyl groups is 6. The second kappa shape index (κ2) is 7.52. The molecule has 3 aromatic carbocycles. The van der Waals surface area contributed by atoms with E-state index in [0.29, 0.717) is 5.56 Å². The number of nitrogens with one attached hydrogen (secondary N) is 1. The van der Waals surface area contributed by atoms with E-state index in [-0.39, 0.29) is 40.5 Å². The first kappa shape index (κ1) is 20.0. The van der Waals surface area contributed by atoms with Crippen molar-refractivity contribution >= 4 is 5.91 Å². The summed E-state index contributed by atoms with van der Waals surface area (Å²) in [6.07, 6.45) is -0.828. The largest absolute Gasteiger partial charge is 0.508 e. The number of benzene rings is 3. The first-order chi connectivity index (χ1) is 14.7. The summed E-state index contributed by atoms with van der Waals surface area (Å²) in [6, 6.07) is 9.68. The zero-order chi connectivity index (χ0) is 22.3. The summed E-state index contributed by atoms with van der Waals surface area (Å²) in [5, 5.41) is 61.7. The van der Waals surface area contributed by atoms with Gasteiger partial charge in [-0.3, -0.25) is 4.79 Å². The van der Waals surface area contributed by atoms with Crippen LogP contribution >= 0.6 is 0 Å². The van der Waals surface area contributed by atoms with E-state index in [9.17, 15) is 35.4 Å². The predicted octanol–water partition coefficient (Wildman–Crippen LogP) is 2.39. The second-order valence-electron chi connectivity index (χ2n) is 7.22. The van der Waals surface area contributed by atoms with Crippen molar-refractivity contribution < 1.29 is 40.2 Å². The lowest BCUT2D eigenvalue weighted by Gasteiger charge is -2.35. The van der Waals surface area contributed by atoms with E-state index < -0.39 is 35.3 Å². The number of rotatable bonds is 3. The van der Waals surface area contributed by atoms with Crippen LogP contribution in [0.15, 0.2) is 48.5 Å². The van der Waals surface area contributed by atoms with Crippen LogP contribution in [0.3, 0.4) is 0 Å². The molecule has 3 aromatic rings. The molecule has 4 rings (SSSR count). The lowest BCUT2D eigenvalue weighted by Crippen LogP contribution is -2.45. The number of phenols is 6. The van der Waals surface area contributed by atoms with Gasteiger partial charge < -0.3 is 40.7 Å². The molecule has 0 spiro atoms. The zero-order valence-corrected chi connectivity index (χ0v) is 16.0. The van der Waals surface area contributed by atoms with Crippen LogP contribution in [-0.2, 0) is 6.42 Å². The molecule has 9 nitrogen and oxygen atoms in total. The first-order valence-electron chi connectivity index (χ1n) is 9.29. The third-order valence-electron chi connectivity index (χ3n) is 5.08. The highest BCUT2D eigenvalue weighted by Gasteiger charge is 2.35. The van der Waals surface area contributed by atoms with Crippen LogP contribution in [0.2, 0.25) is 0 Å². The van der Waals surface area contributed by atoms with Gasteiger partial charge in [0.1, 0.15) is 29.1 Å². The maximum Gasteiger partial charge on any atom is 0.251 e. The van der Waals surface area contributed by atoms with Crippen molar-refractivity contribution in [3.05, 3.63) is 65.2 Å². The van der Waals surface area contributed by atoms with Crippen molar-refractivity contribution in [2.24, 2.45) is 0 Å². The first-order valence-corrected chi connectivity index (χ1v) is 9.29. The summed E-state index contributed by atoms with van der Waals surface area (Å²) >= 11 is 0. The summed E-state index contributed by atoms with van der Waals surface area (Å²) in [4.78, 5) is 12.8. The SMILES string of the molecule is O=C(N[C@H]1Cc2c(O)cc(O)cc2O[C@@H]1c1cc(O)c(O)c(O)c1)c1ccc(O)cc1. The number of amides is 1. The van der Waals surface area contributed by atoms with E-state index in [2.05, 4.69) is 5.32 Å².